The van der Waals surface area contributed by atoms with Gasteiger partial charge in [0.15, 0.2) is 0 Å². The van der Waals surface area contributed by atoms with Gasteiger partial charge in [-0.1, -0.05) is 6.92 Å². The van der Waals surface area contributed by atoms with Crippen LogP contribution in [0.2, 0.25) is 0 Å². The van der Waals surface area contributed by atoms with Gasteiger partial charge >= 0.3 is 0 Å². The number of aliphatic hydroxyl groups is 1. The van der Waals surface area contributed by atoms with Crippen molar-refractivity contribution in [3.05, 3.63) is 0 Å². The summed E-state index contributed by atoms with van der Waals surface area (Å²) >= 11 is 0. The molecule has 0 radical (unpaired) electrons. The second-order valence-corrected chi connectivity index (χ2v) is 3.59. The summed E-state index contributed by atoms with van der Waals surface area (Å²) in [7, 11) is 0. The maximum atomic E-state index is 11.5. The standard InChI is InChI=1S/C10H17NO3/c1-2-8(6-7-12)11-9(13)4-3-5-10(11)14/h8,12H,2-7H2,1H3. The van der Waals surface area contributed by atoms with Crippen molar-refractivity contribution in [2.45, 2.75) is 45.1 Å². The lowest BCUT2D eigenvalue weighted by Gasteiger charge is -2.32. The summed E-state index contributed by atoms with van der Waals surface area (Å²) in [4.78, 5) is 24.4. The summed E-state index contributed by atoms with van der Waals surface area (Å²) in [5.74, 6) is -0.164. The third kappa shape index (κ3) is 2.32. The van der Waals surface area contributed by atoms with Crippen molar-refractivity contribution in [2.75, 3.05) is 6.61 Å². The number of amides is 2. The molecule has 0 aliphatic carbocycles. The highest BCUT2D eigenvalue weighted by molar-refractivity contribution is 5.97. The molecule has 0 saturated carbocycles. The minimum atomic E-state index is -0.111. The second kappa shape index (κ2) is 5.10. The van der Waals surface area contributed by atoms with Gasteiger partial charge in [-0.3, -0.25) is 14.5 Å². The fourth-order valence-corrected chi connectivity index (χ4v) is 1.84. The topological polar surface area (TPSA) is 57.6 Å². The Bertz CT molecular complexity index is 211. The predicted molar refractivity (Wildman–Crippen MR) is 51.5 cm³/mol. The van der Waals surface area contributed by atoms with Crippen molar-refractivity contribution >= 4 is 11.8 Å². The summed E-state index contributed by atoms with van der Waals surface area (Å²) in [5.41, 5.74) is 0. The molecule has 14 heavy (non-hydrogen) atoms. The van der Waals surface area contributed by atoms with E-state index in [4.69, 9.17) is 5.11 Å². The van der Waals surface area contributed by atoms with E-state index in [0.717, 1.165) is 6.42 Å². The molecule has 0 bridgehead atoms. The molecule has 1 aliphatic rings. The maximum absolute atomic E-state index is 11.5. The minimum absolute atomic E-state index is 0.0234. The number of piperidine rings is 1. The Balaban J connectivity index is 2.69. The zero-order chi connectivity index (χ0) is 10.6. The van der Waals surface area contributed by atoms with Crippen LogP contribution in [0.25, 0.3) is 0 Å². The van der Waals surface area contributed by atoms with Crippen molar-refractivity contribution in [3.8, 4) is 0 Å². The monoisotopic (exact) mass is 199 g/mol. The van der Waals surface area contributed by atoms with Gasteiger partial charge in [0, 0.05) is 25.5 Å². The molecular weight excluding hydrogens is 182 g/mol. The molecule has 1 fully saturated rings. The van der Waals surface area contributed by atoms with E-state index in [-0.39, 0.29) is 24.5 Å². The van der Waals surface area contributed by atoms with Gasteiger partial charge in [-0.15, -0.1) is 0 Å². The predicted octanol–water partition coefficient (Wildman–Crippen LogP) is 0.687. The lowest BCUT2D eigenvalue weighted by molar-refractivity contribution is -0.151. The van der Waals surface area contributed by atoms with E-state index in [9.17, 15) is 9.59 Å². The van der Waals surface area contributed by atoms with Gasteiger partial charge in [0.2, 0.25) is 11.8 Å². The second-order valence-electron chi connectivity index (χ2n) is 3.59. The van der Waals surface area contributed by atoms with Gasteiger partial charge in [-0.25, -0.2) is 0 Å². The van der Waals surface area contributed by atoms with E-state index in [1.165, 1.54) is 4.90 Å². The molecule has 1 heterocycles. The minimum Gasteiger partial charge on any atom is -0.396 e. The Hall–Kier alpha value is -0.900. The molecule has 4 heteroatoms. The highest BCUT2D eigenvalue weighted by atomic mass is 16.3. The van der Waals surface area contributed by atoms with E-state index >= 15 is 0 Å². The lowest BCUT2D eigenvalue weighted by atomic mass is 10.0. The Morgan fingerprint density at radius 3 is 2.36 bits per heavy atom. The van der Waals surface area contributed by atoms with Crippen LogP contribution in [0.5, 0.6) is 0 Å². The van der Waals surface area contributed by atoms with Gasteiger partial charge in [0.05, 0.1) is 0 Å². The summed E-state index contributed by atoms with van der Waals surface area (Å²) in [6.45, 7) is 1.95. The van der Waals surface area contributed by atoms with Gasteiger partial charge in [0.25, 0.3) is 0 Å². The molecule has 1 rings (SSSR count). The van der Waals surface area contributed by atoms with Crippen LogP contribution in [0.4, 0.5) is 0 Å². The molecule has 0 spiro atoms. The van der Waals surface area contributed by atoms with Crippen molar-refractivity contribution in [1.82, 2.24) is 4.90 Å². The molecule has 0 aromatic rings. The average Bonchev–Trinajstić information content (AvgIpc) is 2.16. The summed E-state index contributed by atoms with van der Waals surface area (Å²) in [6, 6.07) is -0.111. The number of hydrogen-bond donors (Lipinski definition) is 1. The van der Waals surface area contributed by atoms with E-state index in [2.05, 4.69) is 0 Å². The summed E-state index contributed by atoms with van der Waals surface area (Å²) < 4.78 is 0. The van der Waals surface area contributed by atoms with Crippen LogP contribution in [-0.2, 0) is 9.59 Å². The quantitative estimate of drug-likeness (QED) is 0.677. The molecule has 1 aliphatic heterocycles. The van der Waals surface area contributed by atoms with Crippen molar-refractivity contribution in [1.29, 1.82) is 0 Å². The Morgan fingerprint density at radius 2 is 1.93 bits per heavy atom. The molecule has 2 amide bonds. The first-order valence-electron chi connectivity index (χ1n) is 5.16. The number of carbonyl (C=O) groups is 2. The summed E-state index contributed by atoms with van der Waals surface area (Å²) in [6.07, 6.45) is 2.82. The number of nitrogens with zero attached hydrogens (tertiary/aromatic N) is 1. The van der Waals surface area contributed by atoms with Gasteiger partial charge in [-0.2, -0.15) is 0 Å². The van der Waals surface area contributed by atoms with E-state index < -0.39 is 0 Å². The Morgan fingerprint density at radius 1 is 1.36 bits per heavy atom. The molecule has 1 atom stereocenters. The number of imide groups is 1. The zero-order valence-electron chi connectivity index (χ0n) is 8.53. The Kier molecular flexibility index (Phi) is 4.07. The molecule has 80 valence electrons. The molecule has 1 saturated heterocycles. The van der Waals surface area contributed by atoms with Crippen LogP contribution in [0.1, 0.15) is 39.0 Å². The van der Waals surface area contributed by atoms with Crippen LogP contribution in [0, 0.1) is 0 Å². The highest BCUT2D eigenvalue weighted by Gasteiger charge is 2.30. The van der Waals surface area contributed by atoms with Crippen LogP contribution in [0.3, 0.4) is 0 Å². The largest absolute Gasteiger partial charge is 0.396 e. The smallest absolute Gasteiger partial charge is 0.229 e. The maximum Gasteiger partial charge on any atom is 0.229 e. The third-order valence-electron chi connectivity index (χ3n) is 2.62. The molecule has 1 N–H and O–H groups in total. The van der Waals surface area contributed by atoms with Crippen molar-refractivity contribution < 1.29 is 14.7 Å². The molecule has 4 nitrogen and oxygen atoms in total. The number of hydrogen-bond acceptors (Lipinski definition) is 3. The molecular formula is C10H17NO3. The SMILES string of the molecule is CCC(CCO)N1C(=O)CCCC1=O. The molecule has 0 aromatic carbocycles. The Labute approximate surface area is 83.9 Å². The average molecular weight is 199 g/mol. The van der Waals surface area contributed by atoms with E-state index in [1.54, 1.807) is 0 Å². The first-order valence-corrected chi connectivity index (χ1v) is 5.16. The zero-order valence-corrected chi connectivity index (χ0v) is 8.53. The van der Waals surface area contributed by atoms with Crippen LogP contribution >= 0.6 is 0 Å². The number of rotatable bonds is 4. The van der Waals surface area contributed by atoms with Crippen LogP contribution < -0.4 is 0 Å². The fourth-order valence-electron chi connectivity index (χ4n) is 1.84. The first-order chi connectivity index (χ1) is 6.70. The number of aliphatic hydroxyl groups excluding tert-OH is 1. The van der Waals surface area contributed by atoms with Gasteiger partial charge in [0.1, 0.15) is 0 Å². The van der Waals surface area contributed by atoms with Crippen molar-refractivity contribution in [2.24, 2.45) is 0 Å². The van der Waals surface area contributed by atoms with Crippen LogP contribution in [-0.4, -0.2) is 34.5 Å². The highest BCUT2D eigenvalue weighted by Crippen LogP contribution is 2.18. The summed E-state index contributed by atoms with van der Waals surface area (Å²) in [5, 5.41) is 8.82. The molecule has 1 unspecified atom stereocenters. The first kappa shape index (κ1) is 11.2. The van der Waals surface area contributed by atoms with Gasteiger partial charge in [-0.05, 0) is 19.3 Å². The normalized spacial score (nSPS) is 20.0. The molecule has 0 aromatic heterocycles. The van der Waals surface area contributed by atoms with Crippen LogP contribution in [0.15, 0.2) is 0 Å². The van der Waals surface area contributed by atoms with E-state index in [1.807, 2.05) is 6.92 Å². The third-order valence-corrected chi connectivity index (χ3v) is 2.62. The lowest BCUT2D eigenvalue weighted by Crippen LogP contribution is -2.47. The van der Waals surface area contributed by atoms with Gasteiger partial charge < -0.3 is 5.11 Å². The van der Waals surface area contributed by atoms with E-state index in [0.29, 0.717) is 25.7 Å². The fraction of sp³-hybridized carbons (Fsp3) is 0.800. The number of likely N-dealkylation sites (tertiary alicyclic amines) is 1. The number of carbonyl (C=O) groups excluding carboxylic acids is 2. The van der Waals surface area contributed by atoms with Crippen molar-refractivity contribution in [3.63, 3.8) is 0 Å².